The summed E-state index contributed by atoms with van der Waals surface area (Å²) in [6.45, 7) is 6.85. The Balaban J connectivity index is 1.20. The fourth-order valence-corrected chi connectivity index (χ4v) is 4.35. The highest BCUT2D eigenvalue weighted by Gasteiger charge is 2.26. The number of carbonyl (C=O) groups excluding carboxylic acids is 1. The van der Waals surface area contributed by atoms with E-state index in [0.29, 0.717) is 35.1 Å². The first-order chi connectivity index (χ1) is 15.9. The summed E-state index contributed by atoms with van der Waals surface area (Å²) in [5.74, 6) is 1.81. The summed E-state index contributed by atoms with van der Waals surface area (Å²) in [5.41, 5.74) is 0.0750. The van der Waals surface area contributed by atoms with Gasteiger partial charge in [-0.05, 0) is 62.0 Å². The van der Waals surface area contributed by atoms with Crippen LogP contribution in [0.1, 0.15) is 56.3 Å². The van der Waals surface area contributed by atoms with E-state index in [1.807, 2.05) is 0 Å². The Hall–Kier alpha value is -2.41. The van der Waals surface area contributed by atoms with Crippen molar-refractivity contribution >= 4 is 23.5 Å². The molecule has 1 saturated carbocycles. The molecule has 2 aliphatic rings. The predicted molar refractivity (Wildman–Crippen MR) is 127 cm³/mol. The van der Waals surface area contributed by atoms with E-state index in [2.05, 4.69) is 34.0 Å². The number of nitrogens with one attached hydrogen (secondary N) is 1. The van der Waals surface area contributed by atoms with Gasteiger partial charge in [0, 0.05) is 25.2 Å². The average Bonchev–Trinajstić information content (AvgIpc) is 3.62. The molecular weight excluding hydrogens is 443 g/mol. The summed E-state index contributed by atoms with van der Waals surface area (Å²) in [4.78, 5) is 22.9. The highest BCUT2D eigenvalue weighted by atomic mass is 35.5. The first-order valence-electron chi connectivity index (χ1n) is 11.8. The van der Waals surface area contributed by atoms with Gasteiger partial charge in [-0.1, -0.05) is 25.4 Å². The second-order valence-corrected chi connectivity index (χ2v) is 9.96. The molecule has 1 aromatic heterocycles. The van der Waals surface area contributed by atoms with Crippen molar-refractivity contribution in [2.75, 3.05) is 24.6 Å². The molecule has 1 aliphatic carbocycles. The van der Waals surface area contributed by atoms with Gasteiger partial charge in [-0.15, -0.1) is 0 Å². The van der Waals surface area contributed by atoms with Crippen LogP contribution in [0.25, 0.3) is 0 Å². The summed E-state index contributed by atoms with van der Waals surface area (Å²) in [5, 5.41) is 3.37. The van der Waals surface area contributed by atoms with E-state index in [4.69, 9.17) is 16.3 Å². The lowest BCUT2D eigenvalue weighted by Gasteiger charge is -2.34. The smallest absolute Gasteiger partial charge is 0.254 e. The highest BCUT2D eigenvalue weighted by Crippen LogP contribution is 2.30. The number of hydrogen-bond donors (Lipinski definition) is 1. The fourth-order valence-electron chi connectivity index (χ4n) is 4.25. The molecule has 1 aliphatic heterocycles. The van der Waals surface area contributed by atoms with Crippen LogP contribution in [0.4, 0.5) is 10.3 Å². The highest BCUT2D eigenvalue weighted by molar-refractivity contribution is 6.30. The molecule has 1 N–H and O–H groups in total. The topological polar surface area (TPSA) is 67.3 Å². The normalized spacial score (nSPS) is 18.6. The number of benzene rings is 1. The Kier molecular flexibility index (Phi) is 7.68. The predicted octanol–water partition coefficient (Wildman–Crippen LogP) is 5.12. The molecule has 6 nitrogen and oxygen atoms in total. The zero-order chi connectivity index (χ0) is 23.4. The van der Waals surface area contributed by atoms with Gasteiger partial charge in [0.05, 0.1) is 29.6 Å². The average molecular weight is 475 g/mol. The molecule has 8 heteroatoms. The van der Waals surface area contributed by atoms with Gasteiger partial charge in [-0.25, -0.2) is 14.4 Å². The molecule has 4 rings (SSSR count). The van der Waals surface area contributed by atoms with Gasteiger partial charge in [-0.3, -0.25) is 4.79 Å². The summed E-state index contributed by atoms with van der Waals surface area (Å²) in [6.07, 6.45) is 8.58. The van der Waals surface area contributed by atoms with Crippen LogP contribution in [0.15, 0.2) is 30.6 Å². The lowest BCUT2D eigenvalue weighted by atomic mass is 9.83. The molecule has 1 amide bonds. The second kappa shape index (κ2) is 10.7. The van der Waals surface area contributed by atoms with Gasteiger partial charge >= 0.3 is 0 Å². The molecule has 2 heterocycles. The van der Waals surface area contributed by atoms with E-state index in [1.54, 1.807) is 18.5 Å². The van der Waals surface area contributed by atoms with Crippen molar-refractivity contribution in [1.29, 1.82) is 0 Å². The lowest BCUT2D eigenvalue weighted by Crippen LogP contribution is -2.35. The van der Waals surface area contributed by atoms with Crippen molar-refractivity contribution in [1.82, 2.24) is 15.3 Å². The van der Waals surface area contributed by atoms with E-state index in [1.165, 1.54) is 12.1 Å². The molecular formula is C25H32ClFN4O2. The number of hydrogen-bond acceptors (Lipinski definition) is 5. The first kappa shape index (κ1) is 23.7. The molecule has 33 heavy (non-hydrogen) atoms. The van der Waals surface area contributed by atoms with Crippen molar-refractivity contribution in [3.8, 4) is 5.75 Å². The van der Waals surface area contributed by atoms with E-state index in [-0.39, 0.29) is 17.5 Å². The Morgan fingerprint density at radius 1 is 1.18 bits per heavy atom. The van der Waals surface area contributed by atoms with Crippen molar-refractivity contribution in [2.45, 2.75) is 52.0 Å². The third-order valence-electron chi connectivity index (χ3n) is 6.79. The maximum atomic E-state index is 14.4. The number of piperidine rings is 1. The van der Waals surface area contributed by atoms with Crippen LogP contribution in [0.3, 0.4) is 0 Å². The molecule has 0 bridgehead atoms. The Morgan fingerprint density at radius 2 is 1.88 bits per heavy atom. The Labute approximate surface area is 199 Å². The van der Waals surface area contributed by atoms with Gasteiger partial charge in [0.25, 0.3) is 5.91 Å². The number of rotatable bonds is 9. The van der Waals surface area contributed by atoms with Crippen molar-refractivity contribution in [3.63, 3.8) is 0 Å². The minimum Gasteiger partial charge on any atom is -0.493 e. The van der Waals surface area contributed by atoms with Crippen LogP contribution in [0.5, 0.6) is 5.75 Å². The number of aromatic nitrogens is 2. The summed E-state index contributed by atoms with van der Waals surface area (Å²) in [6, 6.07) is 4.70. The molecule has 1 saturated heterocycles. The molecule has 0 unspecified atom stereocenters. The fraction of sp³-hybridized carbons (Fsp3) is 0.560. The van der Waals surface area contributed by atoms with Crippen LogP contribution in [-0.2, 0) is 0 Å². The van der Waals surface area contributed by atoms with Crippen LogP contribution in [0.2, 0.25) is 5.02 Å². The second-order valence-electron chi connectivity index (χ2n) is 9.52. The molecule has 0 radical (unpaired) electrons. The first-order valence-corrected chi connectivity index (χ1v) is 12.2. The monoisotopic (exact) mass is 474 g/mol. The third-order valence-corrected chi connectivity index (χ3v) is 6.99. The third kappa shape index (κ3) is 6.56. The summed E-state index contributed by atoms with van der Waals surface area (Å²) in [7, 11) is 0. The molecule has 178 valence electrons. The number of nitrogens with zero attached hydrogens (tertiary/aromatic N) is 3. The van der Waals surface area contributed by atoms with E-state index < -0.39 is 5.82 Å². The van der Waals surface area contributed by atoms with Crippen LogP contribution in [-0.4, -0.2) is 41.6 Å². The van der Waals surface area contributed by atoms with Crippen molar-refractivity contribution in [3.05, 3.63) is 47.0 Å². The molecule has 2 aromatic rings. The van der Waals surface area contributed by atoms with Gasteiger partial charge in [-0.2, -0.15) is 0 Å². The van der Waals surface area contributed by atoms with E-state index in [9.17, 15) is 9.18 Å². The number of halogens is 2. The van der Waals surface area contributed by atoms with Crippen LogP contribution >= 0.6 is 11.6 Å². The number of ether oxygens (including phenoxy) is 1. The van der Waals surface area contributed by atoms with E-state index >= 15 is 0 Å². The number of anilines is 1. The maximum Gasteiger partial charge on any atom is 0.254 e. The standard InChI is InChI=1S/C25H32ClFN4O2/c1-16(11-18-7-9-31(10-8-18)25-28-13-19(26)14-29-25)17(2)15-33-21-5-6-22(23(27)12-21)24(32)30-20-3-4-20/h5-6,12-14,16-18,20H,3-4,7-11,15H2,1-2H3,(H,30,32)/t16-,17-/m0/s1. The van der Waals surface area contributed by atoms with Gasteiger partial charge in [0.2, 0.25) is 5.95 Å². The van der Waals surface area contributed by atoms with Crippen molar-refractivity contribution in [2.24, 2.45) is 17.8 Å². The quantitative estimate of drug-likeness (QED) is 0.546. The Morgan fingerprint density at radius 3 is 2.52 bits per heavy atom. The van der Waals surface area contributed by atoms with Gasteiger partial charge in [0.15, 0.2) is 0 Å². The van der Waals surface area contributed by atoms with Gasteiger partial charge < -0.3 is 15.0 Å². The number of carbonyl (C=O) groups is 1. The number of amides is 1. The molecule has 1 aromatic carbocycles. The van der Waals surface area contributed by atoms with Crippen molar-refractivity contribution < 1.29 is 13.9 Å². The zero-order valence-electron chi connectivity index (χ0n) is 19.3. The lowest BCUT2D eigenvalue weighted by molar-refractivity contribution is 0.0947. The summed E-state index contributed by atoms with van der Waals surface area (Å²) >= 11 is 5.88. The molecule has 0 spiro atoms. The molecule has 2 fully saturated rings. The van der Waals surface area contributed by atoms with Gasteiger partial charge in [0.1, 0.15) is 11.6 Å². The van der Waals surface area contributed by atoms with Crippen LogP contribution < -0.4 is 15.0 Å². The largest absolute Gasteiger partial charge is 0.493 e. The minimum atomic E-state index is -0.539. The van der Waals surface area contributed by atoms with E-state index in [0.717, 1.165) is 51.1 Å². The zero-order valence-corrected chi connectivity index (χ0v) is 20.0. The summed E-state index contributed by atoms with van der Waals surface area (Å²) < 4.78 is 20.2. The van der Waals surface area contributed by atoms with Crippen LogP contribution in [0, 0.1) is 23.6 Å². The molecule has 2 atom stereocenters. The minimum absolute atomic E-state index is 0.0750. The Bertz CT molecular complexity index is 946. The maximum absolute atomic E-state index is 14.4. The SMILES string of the molecule is C[C@@H](COc1ccc(C(=O)NC2CC2)c(F)c1)[C@@H](C)CC1CCN(c2ncc(Cl)cn2)CC1.